The van der Waals surface area contributed by atoms with Crippen molar-refractivity contribution >= 4 is 21.7 Å². The largest absolute Gasteiger partial charge is 0.496 e. The third-order valence-corrected chi connectivity index (χ3v) is 5.06. The quantitative estimate of drug-likeness (QED) is 0.772. The Hall–Kier alpha value is -2.74. The first kappa shape index (κ1) is 17.1. The summed E-state index contributed by atoms with van der Waals surface area (Å²) in [5.41, 5.74) is -0.162. The summed E-state index contributed by atoms with van der Waals surface area (Å²) in [5.74, 6) is -1.50. The van der Waals surface area contributed by atoms with E-state index in [1.807, 2.05) is 0 Å². The van der Waals surface area contributed by atoms with Gasteiger partial charge < -0.3 is 14.5 Å². The van der Waals surface area contributed by atoms with Crippen LogP contribution >= 0.6 is 0 Å². The molecule has 0 radical (unpaired) electrons. The van der Waals surface area contributed by atoms with Crippen molar-refractivity contribution in [1.29, 1.82) is 0 Å². The first-order chi connectivity index (χ1) is 12.0. The smallest absolute Gasteiger partial charge is 0.209 e. The molecule has 3 aromatic rings. The van der Waals surface area contributed by atoms with Crippen LogP contribution in [0, 0.1) is 11.6 Å². The van der Waals surface area contributed by atoms with Gasteiger partial charge in [-0.25, -0.2) is 13.0 Å². The highest BCUT2D eigenvalue weighted by Gasteiger charge is 2.19. The number of nitrogens with one attached hydrogen (secondary N) is 1. The number of hydrogen-bond acceptors (Lipinski definition) is 4. The molecule has 0 aliphatic rings. The van der Waals surface area contributed by atoms with E-state index in [0.717, 1.165) is 12.1 Å². The average Bonchev–Trinajstić information content (AvgIpc) is 2.62. The number of aromatic nitrogens is 1. The van der Waals surface area contributed by atoms with Gasteiger partial charge in [-0.15, -0.1) is 0 Å². The molecule has 0 spiro atoms. The second-order valence-corrected chi connectivity index (χ2v) is 6.50. The third-order valence-electron chi connectivity index (χ3n) is 3.67. The molecule has 1 atom stereocenters. The summed E-state index contributed by atoms with van der Waals surface area (Å²) < 4.78 is 49.5. The molecule has 0 fully saturated rings. The van der Waals surface area contributed by atoms with Crippen LogP contribution in [0.4, 0.5) is 8.78 Å². The Labute approximate surface area is 143 Å². The Balaban J connectivity index is 2.24. The number of H-pyrrole nitrogens is 1. The lowest BCUT2D eigenvalue weighted by Gasteiger charge is -2.10. The fourth-order valence-electron chi connectivity index (χ4n) is 2.46. The molecule has 1 N–H and O–H groups in total. The molecule has 25 heavy (non-hydrogen) atoms. The van der Waals surface area contributed by atoms with Gasteiger partial charge >= 0.3 is 0 Å². The third kappa shape index (κ3) is 2.89. The predicted octanol–water partition coefficient (Wildman–Crippen LogP) is 2.99. The average molecular weight is 365 g/mol. The maximum Gasteiger partial charge on any atom is 0.209 e. The Bertz CT molecular complexity index is 1050. The van der Waals surface area contributed by atoms with Crippen molar-refractivity contribution in [3.8, 4) is 11.5 Å². The Morgan fingerprint density at radius 1 is 1.00 bits per heavy atom. The van der Waals surface area contributed by atoms with E-state index in [-0.39, 0.29) is 20.9 Å². The molecule has 130 valence electrons. The highest BCUT2D eigenvalue weighted by Crippen LogP contribution is 2.30. The summed E-state index contributed by atoms with van der Waals surface area (Å²) in [6.45, 7) is 0. The summed E-state index contributed by atoms with van der Waals surface area (Å²) in [5, 5.41) is 0.162. The maximum atomic E-state index is 13.4. The van der Waals surface area contributed by atoms with Crippen molar-refractivity contribution in [3.63, 3.8) is 0 Å². The van der Waals surface area contributed by atoms with E-state index in [2.05, 4.69) is 4.98 Å². The van der Waals surface area contributed by atoms with Gasteiger partial charge in [0.2, 0.25) is 5.43 Å². The molecule has 0 saturated carbocycles. The summed E-state index contributed by atoms with van der Waals surface area (Å²) in [6.07, 6.45) is 1.27. The number of benzene rings is 2. The topological polar surface area (TPSA) is 68.4 Å². The first-order valence-electron chi connectivity index (χ1n) is 7.11. The van der Waals surface area contributed by atoms with Crippen LogP contribution in [0.1, 0.15) is 0 Å². The number of aromatic amines is 1. The summed E-state index contributed by atoms with van der Waals surface area (Å²) in [6, 6.07) is 6.02. The standard InChI is InChI=1S/C17H13F2NO4S/c1-23-12-5-6-13(24-2)16-15(12)17(21)14(8-20-16)25(22)9-3-4-10(18)11(19)7-9/h3-8H,1-2H3,(H,20,21). The Morgan fingerprint density at radius 3 is 2.32 bits per heavy atom. The molecule has 0 saturated heterocycles. The van der Waals surface area contributed by atoms with Crippen molar-refractivity contribution in [2.45, 2.75) is 9.79 Å². The Kier molecular flexibility index (Phi) is 4.54. The second-order valence-electron chi connectivity index (χ2n) is 5.05. The normalized spacial score (nSPS) is 12.2. The van der Waals surface area contributed by atoms with Crippen LogP contribution in [0.2, 0.25) is 0 Å². The molecule has 1 unspecified atom stereocenters. The van der Waals surface area contributed by atoms with Crippen LogP contribution < -0.4 is 14.9 Å². The SMILES string of the molecule is COc1ccc(OC)c2c(=O)c(S(=O)c3ccc(F)c(F)c3)c[nH]c12. The van der Waals surface area contributed by atoms with Gasteiger partial charge in [0, 0.05) is 11.1 Å². The second kappa shape index (κ2) is 6.64. The minimum atomic E-state index is -2.00. The van der Waals surface area contributed by atoms with Crippen molar-refractivity contribution in [2.24, 2.45) is 0 Å². The number of methoxy groups -OCH3 is 2. The number of fused-ring (bicyclic) bond motifs is 1. The molecular formula is C17H13F2NO4S. The lowest BCUT2D eigenvalue weighted by molar-refractivity contribution is 0.409. The van der Waals surface area contributed by atoms with Crippen molar-refractivity contribution < 1.29 is 22.5 Å². The molecule has 0 amide bonds. The highest BCUT2D eigenvalue weighted by molar-refractivity contribution is 7.85. The van der Waals surface area contributed by atoms with Gasteiger partial charge in [0.15, 0.2) is 11.6 Å². The predicted molar refractivity (Wildman–Crippen MR) is 88.7 cm³/mol. The monoisotopic (exact) mass is 365 g/mol. The van der Waals surface area contributed by atoms with E-state index < -0.39 is 27.9 Å². The molecule has 2 aromatic carbocycles. The highest BCUT2D eigenvalue weighted by atomic mass is 32.2. The lowest BCUT2D eigenvalue weighted by atomic mass is 10.2. The molecule has 0 bridgehead atoms. The minimum absolute atomic E-state index is 0.0226. The Morgan fingerprint density at radius 2 is 1.68 bits per heavy atom. The molecule has 1 aromatic heterocycles. The van der Waals surface area contributed by atoms with Crippen LogP contribution in [-0.2, 0) is 10.8 Å². The number of pyridine rings is 1. The fraction of sp³-hybridized carbons (Fsp3) is 0.118. The van der Waals surface area contributed by atoms with Crippen LogP contribution in [0.15, 0.2) is 51.1 Å². The summed E-state index contributed by atoms with van der Waals surface area (Å²) in [7, 11) is 0.855. The zero-order valence-corrected chi connectivity index (χ0v) is 14.1. The van der Waals surface area contributed by atoms with Gasteiger partial charge in [-0.05, 0) is 30.3 Å². The molecule has 5 nitrogen and oxygen atoms in total. The lowest BCUT2D eigenvalue weighted by Crippen LogP contribution is -2.13. The number of ether oxygens (including phenoxy) is 2. The van der Waals surface area contributed by atoms with E-state index in [9.17, 15) is 17.8 Å². The molecule has 8 heteroatoms. The summed E-state index contributed by atoms with van der Waals surface area (Å²) >= 11 is 0. The number of rotatable bonds is 4. The fourth-order valence-corrected chi connectivity index (χ4v) is 3.55. The van der Waals surface area contributed by atoms with Crippen molar-refractivity contribution in [1.82, 2.24) is 4.98 Å². The first-order valence-corrected chi connectivity index (χ1v) is 8.26. The van der Waals surface area contributed by atoms with Crippen LogP contribution in [0.3, 0.4) is 0 Å². The van der Waals surface area contributed by atoms with E-state index in [1.165, 1.54) is 26.5 Å². The zero-order valence-electron chi connectivity index (χ0n) is 13.3. The van der Waals surface area contributed by atoms with Gasteiger partial charge in [0.05, 0.1) is 35.9 Å². The van der Waals surface area contributed by atoms with E-state index in [4.69, 9.17) is 9.47 Å². The van der Waals surface area contributed by atoms with Crippen molar-refractivity contribution in [2.75, 3.05) is 14.2 Å². The molecule has 0 aliphatic heterocycles. The van der Waals surface area contributed by atoms with Crippen LogP contribution in [0.25, 0.3) is 10.9 Å². The van der Waals surface area contributed by atoms with Gasteiger partial charge in [0.1, 0.15) is 16.4 Å². The van der Waals surface area contributed by atoms with Gasteiger partial charge in [0.25, 0.3) is 0 Å². The molecule has 0 aliphatic carbocycles. The maximum absolute atomic E-state index is 13.4. The number of halogens is 2. The zero-order chi connectivity index (χ0) is 18.1. The summed E-state index contributed by atoms with van der Waals surface area (Å²) in [4.78, 5) is 15.6. The molecule has 1 heterocycles. The van der Waals surface area contributed by atoms with E-state index in [0.29, 0.717) is 11.3 Å². The van der Waals surface area contributed by atoms with E-state index >= 15 is 0 Å². The number of hydrogen-bond donors (Lipinski definition) is 1. The van der Waals surface area contributed by atoms with Gasteiger partial charge in [-0.2, -0.15) is 0 Å². The minimum Gasteiger partial charge on any atom is -0.496 e. The van der Waals surface area contributed by atoms with Crippen LogP contribution in [-0.4, -0.2) is 23.4 Å². The van der Waals surface area contributed by atoms with E-state index in [1.54, 1.807) is 12.1 Å². The van der Waals surface area contributed by atoms with Gasteiger partial charge in [-0.1, -0.05) is 0 Å². The molecule has 3 rings (SSSR count). The van der Waals surface area contributed by atoms with Crippen LogP contribution in [0.5, 0.6) is 11.5 Å². The molecular weight excluding hydrogens is 352 g/mol. The van der Waals surface area contributed by atoms with Crippen molar-refractivity contribution in [3.05, 3.63) is 58.4 Å². The van der Waals surface area contributed by atoms with Gasteiger partial charge in [-0.3, -0.25) is 4.79 Å².